The molecule has 0 fully saturated rings. The van der Waals surface area contributed by atoms with Crippen LogP contribution in [0.15, 0.2) is 72.8 Å². The standard InChI is InChI=1S/C21H16N4O2/c1-14-7-12-19-18(13-14)20(15-5-3-2-4-6-15)24-21(23-19)22-16-8-10-17(11-9-16)25(26)27/h2-13H,1H3,(H,22,23,24). The van der Waals surface area contributed by atoms with Gasteiger partial charge in [0.15, 0.2) is 0 Å². The summed E-state index contributed by atoms with van der Waals surface area (Å²) in [5.41, 5.74) is 4.54. The first kappa shape index (κ1) is 16.7. The van der Waals surface area contributed by atoms with E-state index in [0.717, 1.165) is 27.7 Å². The molecule has 1 heterocycles. The Hall–Kier alpha value is -3.80. The van der Waals surface area contributed by atoms with Crippen LogP contribution in [0.4, 0.5) is 17.3 Å². The van der Waals surface area contributed by atoms with Gasteiger partial charge < -0.3 is 5.32 Å². The van der Waals surface area contributed by atoms with Gasteiger partial charge in [0.05, 0.1) is 16.1 Å². The van der Waals surface area contributed by atoms with Crippen molar-refractivity contribution in [3.63, 3.8) is 0 Å². The SMILES string of the molecule is Cc1ccc2nc(Nc3ccc([N+](=O)[O-])cc3)nc(-c3ccccc3)c2c1. The summed E-state index contributed by atoms with van der Waals surface area (Å²) in [7, 11) is 0. The maximum absolute atomic E-state index is 10.8. The van der Waals surface area contributed by atoms with Crippen molar-refractivity contribution in [3.05, 3.63) is 88.5 Å². The first-order valence-corrected chi connectivity index (χ1v) is 8.45. The largest absolute Gasteiger partial charge is 0.324 e. The minimum absolute atomic E-state index is 0.0421. The number of nitro benzene ring substituents is 1. The molecule has 6 heteroatoms. The molecular weight excluding hydrogens is 340 g/mol. The smallest absolute Gasteiger partial charge is 0.269 e. The molecule has 0 saturated heterocycles. The predicted octanol–water partition coefficient (Wildman–Crippen LogP) is 5.26. The van der Waals surface area contributed by atoms with Gasteiger partial charge in [-0.2, -0.15) is 0 Å². The van der Waals surface area contributed by atoms with Crippen molar-refractivity contribution in [2.24, 2.45) is 0 Å². The van der Waals surface area contributed by atoms with Crippen LogP contribution in [0.2, 0.25) is 0 Å². The van der Waals surface area contributed by atoms with E-state index in [9.17, 15) is 10.1 Å². The number of nitrogens with one attached hydrogen (secondary N) is 1. The summed E-state index contributed by atoms with van der Waals surface area (Å²) in [6.07, 6.45) is 0. The topological polar surface area (TPSA) is 81.0 Å². The molecule has 27 heavy (non-hydrogen) atoms. The summed E-state index contributed by atoms with van der Waals surface area (Å²) >= 11 is 0. The maximum Gasteiger partial charge on any atom is 0.269 e. The van der Waals surface area contributed by atoms with Gasteiger partial charge >= 0.3 is 0 Å². The number of non-ortho nitro benzene ring substituents is 1. The lowest BCUT2D eigenvalue weighted by Crippen LogP contribution is -2.00. The van der Waals surface area contributed by atoms with Crippen LogP contribution in [-0.2, 0) is 0 Å². The number of hydrogen-bond acceptors (Lipinski definition) is 5. The van der Waals surface area contributed by atoms with E-state index < -0.39 is 4.92 Å². The van der Waals surface area contributed by atoms with Gasteiger partial charge in [-0.25, -0.2) is 9.97 Å². The number of hydrogen-bond donors (Lipinski definition) is 1. The summed E-state index contributed by atoms with van der Waals surface area (Å²) in [5, 5.41) is 14.9. The molecule has 4 aromatic rings. The van der Waals surface area contributed by atoms with E-state index in [-0.39, 0.29) is 5.69 Å². The highest BCUT2D eigenvalue weighted by atomic mass is 16.6. The molecule has 0 saturated carbocycles. The zero-order valence-corrected chi connectivity index (χ0v) is 14.6. The number of nitro groups is 1. The normalized spacial score (nSPS) is 10.7. The van der Waals surface area contributed by atoms with Crippen molar-refractivity contribution >= 4 is 28.2 Å². The molecule has 0 atom stereocenters. The average Bonchev–Trinajstić information content (AvgIpc) is 2.69. The lowest BCUT2D eigenvalue weighted by molar-refractivity contribution is -0.384. The number of anilines is 2. The van der Waals surface area contributed by atoms with Crippen molar-refractivity contribution in [1.29, 1.82) is 0 Å². The molecule has 0 spiro atoms. The number of aromatic nitrogens is 2. The molecule has 4 rings (SSSR count). The van der Waals surface area contributed by atoms with E-state index >= 15 is 0 Å². The van der Waals surface area contributed by atoms with E-state index in [1.54, 1.807) is 12.1 Å². The van der Waals surface area contributed by atoms with Crippen LogP contribution < -0.4 is 5.32 Å². The van der Waals surface area contributed by atoms with Crippen LogP contribution in [0.25, 0.3) is 22.2 Å². The lowest BCUT2D eigenvalue weighted by atomic mass is 10.0. The number of fused-ring (bicyclic) bond motifs is 1. The third-order valence-electron chi connectivity index (χ3n) is 4.23. The number of benzene rings is 3. The second-order valence-corrected chi connectivity index (χ2v) is 6.21. The van der Waals surface area contributed by atoms with Crippen molar-refractivity contribution in [2.45, 2.75) is 6.92 Å². The van der Waals surface area contributed by atoms with E-state index in [0.29, 0.717) is 11.6 Å². The third kappa shape index (κ3) is 3.46. The zero-order valence-electron chi connectivity index (χ0n) is 14.6. The Kier molecular flexibility index (Phi) is 4.22. The van der Waals surface area contributed by atoms with Gasteiger partial charge in [-0.05, 0) is 31.2 Å². The minimum atomic E-state index is -0.424. The fourth-order valence-corrected chi connectivity index (χ4v) is 2.91. The number of rotatable bonds is 4. The van der Waals surface area contributed by atoms with E-state index in [1.165, 1.54) is 12.1 Å². The summed E-state index contributed by atoms with van der Waals surface area (Å²) in [6, 6.07) is 22.2. The van der Waals surface area contributed by atoms with Crippen molar-refractivity contribution in [2.75, 3.05) is 5.32 Å². The van der Waals surface area contributed by atoms with Crippen LogP contribution in [-0.4, -0.2) is 14.9 Å². The molecule has 6 nitrogen and oxygen atoms in total. The van der Waals surface area contributed by atoms with Gasteiger partial charge in [0, 0.05) is 28.8 Å². The molecule has 132 valence electrons. The zero-order chi connectivity index (χ0) is 18.8. The minimum Gasteiger partial charge on any atom is -0.324 e. The molecule has 0 radical (unpaired) electrons. The second-order valence-electron chi connectivity index (χ2n) is 6.21. The Bertz CT molecular complexity index is 1130. The van der Waals surface area contributed by atoms with Gasteiger partial charge in [0.2, 0.25) is 5.95 Å². The van der Waals surface area contributed by atoms with Crippen LogP contribution in [0, 0.1) is 17.0 Å². The molecule has 0 aliphatic carbocycles. The molecule has 3 aromatic carbocycles. The van der Waals surface area contributed by atoms with Crippen LogP contribution in [0.5, 0.6) is 0 Å². The Morgan fingerprint density at radius 3 is 2.37 bits per heavy atom. The van der Waals surface area contributed by atoms with Gasteiger partial charge in [-0.15, -0.1) is 0 Å². The number of aryl methyl sites for hydroxylation is 1. The Morgan fingerprint density at radius 1 is 0.926 bits per heavy atom. The maximum atomic E-state index is 10.8. The lowest BCUT2D eigenvalue weighted by Gasteiger charge is -2.11. The molecule has 1 N–H and O–H groups in total. The van der Waals surface area contributed by atoms with E-state index in [1.807, 2.05) is 49.4 Å². The Balaban J connectivity index is 1.79. The van der Waals surface area contributed by atoms with Gasteiger partial charge in [0.1, 0.15) is 0 Å². The second kappa shape index (κ2) is 6.84. The molecule has 0 aliphatic rings. The molecule has 0 bridgehead atoms. The fraction of sp³-hybridized carbons (Fsp3) is 0.0476. The molecule has 1 aromatic heterocycles. The monoisotopic (exact) mass is 356 g/mol. The first-order chi connectivity index (χ1) is 13.1. The predicted molar refractivity (Wildman–Crippen MR) is 106 cm³/mol. The molecule has 0 amide bonds. The van der Waals surface area contributed by atoms with E-state index in [2.05, 4.69) is 16.4 Å². The van der Waals surface area contributed by atoms with Gasteiger partial charge in [-0.3, -0.25) is 10.1 Å². The summed E-state index contributed by atoms with van der Waals surface area (Å²) < 4.78 is 0. The molecular formula is C21H16N4O2. The highest BCUT2D eigenvalue weighted by molar-refractivity contribution is 5.93. The quantitative estimate of drug-likeness (QED) is 0.398. The van der Waals surface area contributed by atoms with Gasteiger partial charge in [-0.1, -0.05) is 42.0 Å². The highest BCUT2D eigenvalue weighted by Crippen LogP contribution is 2.29. The average molecular weight is 356 g/mol. The molecule has 0 aliphatic heterocycles. The summed E-state index contributed by atoms with van der Waals surface area (Å²) in [5.74, 6) is 0.444. The first-order valence-electron chi connectivity index (χ1n) is 8.45. The van der Waals surface area contributed by atoms with Crippen molar-refractivity contribution < 1.29 is 4.92 Å². The highest BCUT2D eigenvalue weighted by Gasteiger charge is 2.11. The Labute approximate surface area is 155 Å². The van der Waals surface area contributed by atoms with Crippen LogP contribution in [0.1, 0.15) is 5.56 Å². The summed E-state index contributed by atoms with van der Waals surface area (Å²) in [6.45, 7) is 2.04. The van der Waals surface area contributed by atoms with Crippen molar-refractivity contribution in [3.8, 4) is 11.3 Å². The van der Waals surface area contributed by atoms with Crippen LogP contribution in [0.3, 0.4) is 0 Å². The fourth-order valence-electron chi connectivity index (χ4n) is 2.91. The third-order valence-corrected chi connectivity index (χ3v) is 4.23. The van der Waals surface area contributed by atoms with Crippen molar-refractivity contribution in [1.82, 2.24) is 9.97 Å². The summed E-state index contributed by atoms with van der Waals surface area (Å²) in [4.78, 5) is 19.7. The Morgan fingerprint density at radius 2 is 1.67 bits per heavy atom. The number of nitrogens with zero attached hydrogens (tertiary/aromatic N) is 3. The van der Waals surface area contributed by atoms with E-state index in [4.69, 9.17) is 4.98 Å². The van der Waals surface area contributed by atoms with Crippen LogP contribution >= 0.6 is 0 Å². The molecule has 0 unspecified atom stereocenters. The van der Waals surface area contributed by atoms with Gasteiger partial charge in [0.25, 0.3) is 5.69 Å².